The zero-order chi connectivity index (χ0) is 25.2. The van der Waals surface area contributed by atoms with E-state index < -0.39 is 5.82 Å². The number of H-pyrrole nitrogens is 1. The summed E-state index contributed by atoms with van der Waals surface area (Å²) in [5.41, 5.74) is 3.26. The zero-order valence-electron chi connectivity index (χ0n) is 19.4. The fraction of sp³-hybridized carbons (Fsp3) is 0.269. The molecule has 10 heteroatoms. The number of carbonyl (C=O) groups is 2. The van der Waals surface area contributed by atoms with E-state index in [9.17, 15) is 14.0 Å². The van der Waals surface area contributed by atoms with Crippen molar-refractivity contribution >= 4 is 34.8 Å². The van der Waals surface area contributed by atoms with E-state index >= 15 is 0 Å². The van der Waals surface area contributed by atoms with Crippen LogP contribution in [-0.2, 0) is 11.2 Å². The summed E-state index contributed by atoms with van der Waals surface area (Å²) in [5, 5.41) is 5.95. The third-order valence-corrected chi connectivity index (χ3v) is 6.88. The number of nitrogens with zero attached hydrogens (tertiary/aromatic N) is 2. The van der Waals surface area contributed by atoms with Crippen LogP contribution in [0.1, 0.15) is 28.9 Å². The number of hydrogen-bond donors (Lipinski definition) is 3. The van der Waals surface area contributed by atoms with E-state index in [1.54, 1.807) is 35.5 Å². The molecule has 1 saturated heterocycles. The Hall–Kier alpha value is -3.85. The van der Waals surface area contributed by atoms with Gasteiger partial charge in [0.25, 0.3) is 5.91 Å². The van der Waals surface area contributed by atoms with Gasteiger partial charge in [-0.15, -0.1) is 0 Å². The van der Waals surface area contributed by atoms with Crippen LogP contribution in [0.25, 0.3) is 11.3 Å². The minimum Gasteiger partial charge on any atom is -0.489 e. The van der Waals surface area contributed by atoms with Crippen molar-refractivity contribution in [3.8, 4) is 17.0 Å². The lowest BCUT2D eigenvalue weighted by Crippen LogP contribution is -2.38. The third-order valence-electron chi connectivity index (χ3n) is 6.50. The Kier molecular flexibility index (Phi) is 6.65. The van der Waals surface area contributed by atoms with E-state index in [-0.39, 0.29) is 29.5 Å². The Morgan fingerprint density at radius 1 is 1.39 bits per heavy atom. The van der Waals surface area contributed by atoms with Crippen LogP contribution in [0.2, 0.25) is 5.02 Å². The number of pyridine rings is 1. The van der Waals surface area contributed by atoms with Crippen molar-refractivity contribution in [2.45, 2.75) is 25.3 Å². The first-order valence-electron chi connectivity index (χ1n) is 11.7. The van der Waals surface area contributed by atoms with E-state index in [1.807, 2.05) is 0 Å². The Bertz CT molecular complexity index is 1340. The molecule has 2 aromatic heterocycles. The summed E-state index contributed by atoms with van der Waals surface area (Å²) in [6.45, 7) is 5.04. The number of ether oxygens (including phenoxy) is 1. The van der Waals surface area contributed by atoms with Crippen LogP contribution in [0.3, 0.4) is 0 Å². The predicted octanol–water partition coefficient (Wildman–Crippen LogP) is 4.45. The zero-order valence-corrected chi connectivity index (χ0v) is 20.2. The van der Waals surface area contributed by atoms with Crippen LogP contribution in [0, 0.1) is 5.82 Å². The number of anilines is 2. The van der Waals surface area contributed by atoms with Gasteiger partial charge >= 0.3 is 0 Å². The van der Waals surface area contributed by atoms with E-state index in [0.717, 1.165) is 18.5 Å². The van der Waals surface area contributed by atoms with Crippen LogP contribution >= 0.6 is 11.6 Å². The quantitative estimate of drug-likeness (QED) is 0.408. The van der Waals surface area contributed by atoms with Crippen LogP contribution in [0.5, 0.6) is 5.75 Å². The number of aromatic nitrogens is 2. The lowest BCUT2D eigenvalue weighted by molar-refractivity contribution is -0.127. The number of rotatable bonds is 7. The molecule has 1 fully saturated rings. The molecule has 0 aliphatic carbocycles. The smallest absolute Gasteiger partial charge is 0.255 e. The standard InChI is InChI=1S/C26H25ClFN5O3/c1-2-21(34)33-12-4-5-15(33)14-36-20-13-29-10-8-16(20)24-25(22-18(31-24)9-11-30-26(22)35)32-19-7-3-6-17(28)23(19)27/h2-3,6-8,10,13,15,31-32H,1,4-5,9,11-12,14H2,(H,30,35)/t15-/m0/s1. The Balaban J connectivity index is 1.52. The summed E-state index contributed by atoms with van der Waals surface area (Å²) in [5.74, 6) is -0.438. The largest absolute Gasteiger partial charge is 0.489 e. The average Bonchev–Trinajstić information content (AvgIpc) is 3.51. The molecule has 36 heavy (non-hydrogen) atoms. The number of likely N-dealkylation sites (tertiary alicyclic amines) is 1. The second kappa shape index (κ2) is 10.0. The van der Waals surface area contributed by atoms with Crippen LogP contribution in [-0.4, -0.2) is 52.4 Å². The second-order valence-electron chi connectivity index (χ2n) is 8.68. The van der Waals surface area contributed by atoms with Crippen LogP contribution < -0.4 is 15.4 Å². The molecule has 0 unspecified atom stereocenters. The van der Waals surface area contributed by atoms with E-state index in [4.69, 9.17) is 16.3 Å². The molecule has 2 amide bonds. The molecule has 2 aliphatic rings. The molecule has 2 aliphatic heterocycles. The van der Waals surface area contributed by atoms with Crippen molar-refractivity contribution in [1.82, 2.24) is 20.2 Å². The number of nitrogens with one attached hydrogen (secondary N) is 3. The summed E-state index contributed by atoms with van der Waals surface area (Å²) < 4.78 is 20.3. The minimum absolute atomic E-state index is 0.0742. The van der Waals surface area contributed by atoms with Gasteiger partial charge in [-0.1, -0.05) is 24.2 Å². The lowest BCUT2D eigenvalue weighted by atomic mass is 10.0. The molecule has 5 rings (SSSR count). The topological polar surface area (TPSA) is 99.3 Å². The first-order chi connectivity index (χ1) is 17.5. The van der Waals surface area contributed by atoms with Gasteiger partial charge in [-0.3, -0.25) is 14.6 Å². The molecule has 186 valence electrons. The minimum atomic E-state index is -0.569. The third kappa shape index (κ3) is 4.42. The second-order valence-corrected chi connectivity index (χ2v) is 9.05. The summed E-state index contributed by atoms with van der Waals surface area (Å²) in [6.07, 6.45) is 6.88. The maximum atomic E-state index is 14.2. The molecule has 1 atom stereocenters. The molecular formula is C26H25ClFN5O3. The molecule has 3 N–H and O–H groups in total. The number of halogens is 2. The lowest BCUT2D eigenvalue weighted by Gasteiger charge is -2.24. The van der Waals surface area contributed by atoms with Gasteiger partial charge in [-0.25, -0.2) is 4.39 Å². The molecule has 4 heterocycles. The molecule has 8 nitrogen and oxygen atoms in total. The van der Waals surface area contributed by atoms with Gasteiger partial charge in [0.05, 0.1) is 39.9 Å². The summed E-state index contributed by atoms with van der Waals surface area (Å²) in [6, 6.07) is 6.16. The maximum Gasteiger partial charge on any atom is 0.255 e. The molecule has 0 radical (unpaired) electrons. The van der Waals surface area contributed by atoms with Gasteiger partial charge in [0, 0.05) is 37.0 Å². The molecular weight excluding hydrogens is 485 g/mol. The first kappa shape index (κ1) is 23.9. The monoisotopic (exact) mass is 509 g/mol. The van der Waals surface area contributed by atoms with E-state index in [0.29, 0.717) is 53.5 Å². The van der Waals surface area contributed by atoms with Gasteiger partial charge in [0.1, 0.15) is 18.2 Å². The summed E-state index contributed by atoms with van der Waals surface area (Å²) in [7, 11) is 0. The number of carbonyl (C=O) groups excluding carboxylic acids is 2. The number of fused-ring (bicyclic) bond motifs is 1. The maximum absolute atomic E-state index is 14.2. The highest BCUT2D eigenvalue weighted by Crippen LogP contribution is 2.41. The predicted molar refractivity (Wildman–Crippen MR) is 135 cm³/mol. The van der Waals surface area contributed by atoms with Crippen molar-refractivity contribution in [1.29, 1.82) is 0 Å². The van der Waals surface area contributed by atoms with Crippen molar-refractivity contribution in [3.05, 3.63) is 71.4 Å². The van der Waals surface area contributed by atoms with Crippen LogP contribution in [0.4, 0.5) is 15.8 Å². The first-order valence-corrected chi connectivity index (χ1v) is 12.1. The van der Waals surface area contributed by atoms with Gasteiger partial charge in [0.2, 0.25) is 5.91 Å². The van der Waals surface area contributed by atoms with Crippen molar-refractivity contribution in [2.75, 3.05) is 25.0 Å². The normalized spacial score (nSPS) is 16.9. The summed E-state index contributed by atoms with van der Waals surface area (Å²) >= 11 is 6.21. The number of aromatic amines is 1. The van der Waals surface area contributed by atoms with Crippen molar-refractivity contribution in [3.63, 3.8) is 0 Å². The van der Waals surface area contributed by atoms with Gasteiger partial charge < -0.3 is 25.3 Å². The Morgan fingerprint density at radius 2 is 2.25 bits per heavy atom. The number of hydrogen-bond acceptors (Lipinski definition) is 5. The van der Waals surface area contributed by atoms with Crippen molar-refractivity contribution in [2.24, 2.45) is 0 Å². The van der Waals surface area contributed by atoms with Gasteiger partial charge in [-0.05, 0) is 37.1 Å². The van der Waals surface area contributed by atoms with Gasteiger partial charge in [0.15, 0.2) is 0 Å². The molecule has 0 bridgehead atoms. The SMILES string of the molecule is C=CC(=O)N1CCC[C@H]1COc1cnccc1-c1[nH]c2c(c1Nc1cccc(F)c1Cl)C(=O)NCC2. The van der Waals surface area contributed by atoms with Gasteiger partial charge in [-0.2, -0.15) is 0 Å². The molecule has 0 saturated carbocycles. The highest BCUT2D eigenvalue weighted by Gasteiger charge is 2.30. The van der Waals surface area contributed by atoms with E-state index in [1.165, 1.54) is 12.1 Å². The number of amides is 2. The average molecular weight is 510 g/mol. The van der Waals surface area contributed by atoms with E-state index in [2.05, 4.69) is 27.2 Å². The molecule has 1 aromatic carbocycles. The molecule has 0 spiro atoms. The fourth-order valence-electron chi connectivity index (χ4n) is 4.75. The Morgan fingerprint density at radius 3 is 3.08 bits per heavy atom. The highest BCUT2D eigenvalue weighted by molar-refractivity contribution is 6.33. The highest BCUT2D eigenvalue weighted by atomic mass is 35.5. The summed E-state index contributed by atoms with van der Waals surface area (Å²) in [4.78, 5) is 34.4. The number of benzene rings is 1. The fourth-order valence-corrected chi connectivity index (χ4v) is 4.92. The Labute approximate surface area is 212 Å². The van der Waals surface area contributed by atoms with Crippen molar-refractivity contribution < 1.29 is 18.7 Å². The molecule has 3 aromatic rings. The van der Waals surface area contributed by atoms with Crippen LogP contribution in [0.15, 0.2) is 49.3 Å².